The van der Waals surface area contributed by atoms with E-state index in [1.807, 2.05) is 13.8 Å². The predicted octanol–water partition coefficient (Wildman–Crippen LogP) is 2.71. The Hall–Kier alpha value is -1.60. The van der Waals surface area contributed by atoms with E-state index < -0.39 is 9.84 Å². The van der Waals surface area contributed by atoms with Crippen molar-refractivity contribution in [2.45, 2.75) is 31.6 Å². The summed E-state index contributed by atoms with van der Waals surface area (Å²) in [5.74, 6) is 1.85. The first-order chi connectivity index (χ1) is 8.96. The number of carbonyl (C=O) groups excluding carboxylic acids is 1. The zero-order valence-corrected chi connectivity index (χ0v) is 12.0. The molecule has 19 heavy (non-hydrogen) atoms. The Kier molecular flexibility index (Phi) is 5.31. The summed E-state index contributed by atoms with van der Waals surface area (Å²) in [7, 11) is -3.43. The van der Waals surface area contributed by atoms with E-state index in [9.17, 15) is 13.2 Å². The number of terminal acetylenes is 1. The lowest BCUT2D eigenvalue weighted by Gasteiger charge is -2.11. The molecule has 0 saturated carbocycles. The van der Waals surface area contributed by atoms with Gasteiger partial charge in [0, 0.05) is 11.5 Å². The van der Waals surface area contributed by atoms with E-state index in [1.54, 1.807) is 12.1 Å². The molecular formula is C15H18O3S. The molecule has 0 aliphatic rings. The second-order valence-electron chi connectivity index (χ2n) is 4.37. The number of hydrogen-bond acceptors (Lipinski definition) is 3. The van der Waals surface area contributed by atoms with Gasteiger partial charge < -0.3 is 0 Å². The summed E-state index contributed by atoms with van der Waals surface area (Å²) >= 11 is 0. The van der Waals surface area contributed by atoms with E-state index in [4.69, 9.17) is 6.42 Å². The van der Waals surface area contributed by atoms with Gasteiger partial charge in [-0.25, -0.2) is 8.42 Å². The van der Waals surface area contributed by atoms with Crippen molar-refractivity contribution in [3.8, 4) is 12.3 Å². The van der Waals surface area contributed by atoms with Gasteiger partial charge >= 0.3 is 0 Å². The highest BCUT2D eigenvalue weighted by Crippen LogP contribution is 2.18. The Morgan fingerprint density at radius 1 is 1.21 bits per heavy atom. The maximum absolute atomic E-state index is 12.1. The lowest BCUT2D eigenvalue weighted by molar-refractivity contribution is 0.0913. The van der Waals surface area contributed by atoms with Gasteiger partial charge in [-0.15, -0.1) is 6.42 Å². The highest BCUT2D eigenvalue weighted by Gasteiger charge is 2.18. The third-order valence-electron chi connectivity index (χ3n) is 3.13. The molecule has 0 spiro atoms. The molecule has 0 bridgehead atoms. The number of benzene rings is 1. The first-order valence-electron chi connectivity index (χ1n) is 6.26. The van der Waals surface area contributed by atoms with Crippen LogP contribution in [0.25, 0.3) is 0 Å². The van der Waals surface area contributed by atoms with Crippen molar-refractivity contribution < 1.29 is 13.2 Å². The Labute approximate surface area is 115 Å². The molecule has 0 amide bonds. The maximum atomic E-state index is 12.1. The van der Waals surface area contributed by atoms with Gasteiger partial charge in [0.1, 0.15) is 5.75 Å². The molecule has 0 heterocycles. The highest BCUT2D eigenvalue weighted by molar-refractivity contribution is 7.91. The Bertz CT molecular complexity index is 573. The molecule has 0 atom stereocenters. The average molecular weight is 278 g/mol. The Morgan fingerprint density at radius 3 is 2.16 bits per heavy atom. The third kappa shape index (κ3) is 3.68. The molecule has 1 aromatic rings. The van der Waals surface area contributed by atoms with Gasteiger partial charge in [0.2, 0.25) is 0 Å². The van der Waals surface area contributed by atoms with Crippen LogP contribution in [0, 0.1) is 18.3 Å². The van der Waals surface area contributed by atoms with Crippen LogP contribution < -0.4 is 0 Å². The number of Topliss-reactive ketones (excluding diaryl/α,β-unsaturated/α-hetero) is 1. The van der Waals surface area contributed by atoms with Gasteiger partial charge in [0.05, 0.1) is 4.90 Å². The van der Waals surface area contributed by atoms with Crippen LogP contribution in [0.1, 0.15) is 37.0 Å². The van der Waals surface area contributed by atoms with Crippen LogP contribution in [0.2, 0.25) is 0 Å². The van der Waals surface area contributed by atoms with Crippen LogP contribution in [0.15, 0.2) is 29.2 Å². The molecule has 3 nitrogen and oxygen atoms in total. The monoisotopic (exact) mass is 278 g/mol. The summed E-state index contributed by atoms with van der Waals surface area (Å²) < 4.78 is 23.5. The van der Waals surface area contributed by atoms with Gasteiger partial charge in [-0.3, -0.25) is 4.79 Å². The molecule has 1 rings (SSSR count). The third-order valence-corrected chi connectivity index (χ3v) is 4.66. The average Bonchev–Trinajstić information content (AvgIpc) is 2.40. The molecule has 4 heteroatoms. The van der Waals surface area contributed by atoms with Crippen molar-refractivity contribution >= 4 is 15.6 Å². The quantitative estimate of drug-likeness (QED) is 0.594. The first kappa shape index (κ1) is 15.5. The van der Waals surface area contributed by atoms with E-state index in [2.05, 4.69) is 5.92 Å². The van der Waals surface area contributed by atoms with Crippen LogP contribution in [-0.4, -0.2) is 20.0 Å². The van der Waals surface area contributed by atoms with Gasteiger partial charge in [0.25, 0.3) is 0 Å². The van der Waals surface area contributed by atoms with E-state index >= 15 is 0 Å². The summed E-state index contributed by atoms with van der Waals surface area (Å²) in [6.07, 6.45) is 6.59. The molecule has 102 valence electrons. The zero-order chi connectivity index (χ0) is 14.5. The molecule has 0 unspecified atom stereocenters. The van der Waals surface area contributed by atoms with Crippen LogP contribution in [0.4, 0.5) is 0 Å². The fourth-order valence-electron chi connectivity index (χ4n) is 1.91. The van der Waals surface area contributed by atoms with E-state index in [0.29, 0.717) is 5.56 Å². The number of carbonyl (C=O) groups is 1. The van der Waals surface area contributed by atoms with E-state index in [-0.39, 0.29) is 22.3 Å². The Morgan fingerprint density at radius 2 is 1.74 bits per heavy atom. The summed E-state index contributed by atoms with van der Waals surface area (Å²) in [4.78, 5) is 12.3. The van der Waals surface area contributed by atoms with E-state index in [1.165, 1.54) is 12.1 Å². The number of rotatable bonds is 6. The normalized spacial score (nSPS) is 11.3. The summed E-state index contributed by atoms with van der Waals surface area (Å²) in [5, 5.41) is 0. The van der Waals surface area contributed by atoms with Gasteiger partial charge in [-0.1, -0.05) is 31.9 Å². The van der Waals surface area contributed by atoms with Crippen LogP contribution in [0.3, 0.4) is 0 Å². The molecule has 1 aromatic carbocycles. The number of ketones is 1. The molecule has 0 fully saturated rings. The summed E-state index contributed by atoms with van der Waals surface area (Å²) in [5.41, 5.74) is 0.549. The van der Waals surface area contributed by atoms with Crippen molar-refractivity contribution in [2.75, 3.05) is 5.75 Å². The Balaban J connectivity index is 3.01. The number of sulfone groups is 1. The van der Waals surface area contributed by atoms with Crippen LogP contribution in [0.5, 0.6) is 0 Å². The minimum absolute atomic E-state index is 0.00633. The summed E-state index contributed by atoms with van der Waals surface area (Å²) in [6, 6.07) is 6.01. The second-order valence-corrected chi connectivity index (χ2v) is 6.35. The van der Waals surface area contributed by atoms with Gasteiger partial charge in [-0.05, 0) is 25.0 Å². The first-order valence-corrected chi connectivity index (χ1v) is 7.92. The SMILES string of the molecule is C#CCS(=O)(=O)c1ccc(C(=O)C(CC)CC)cc1. The van der Waals surface area contributed by atoms with Gasteiger partial charge in [0.15, 0.2) is 15.6 Å². The smallest absolute Gasteiger partial charge is 0.189 e. The zero-order valence-electron chi connectivity index (χ0n) is 11.2. The lowest BCUT2D eigenvalue weighted by atomic mass is 9.93. The maximum Gasteiger partial charge on any atom is 0.189 e. The lowest BCUT2D eigenvalue weighted by Crippen LogP contribution is -2.13. The van der Waals surface area contributed by atoms with Crippen molar-refractivity contribution in [3.05, 3.63) is 29.8 Å². The van der Waals surface area contributed by atoms with Crippen molar-refractivity contribution in [1.29, 1.82) is 0 Å². The largest absolute Gasteiger partial charge is 0.294 e. The van der Waals surface area contributed by atoms with Crippen molar-refractivity contribution in [2.24, 2.45) is 5.92 Å². The highest BCUT2D eigenvalue weighted by atomic mass is 32.2. The molecular weight excluding hydrogens is 260 g/mol. The van der Waals surface area contributed by atoms with Crippen molar-refractivity contribution in [1.82, 2.24) is 0 Å². The fraction of sp³-hybridized carbons (Fsp3) is 0.400. The second kappa shape index (κ2) is 6.53. The fourth-order valence-corrected chi connectivity index (χ4v) is 2.85. The minimum atomic E-state index is -3.43. The minimum Gasteiger partial charge on any atom is -0.294 e. The molecule has 0 radical (unpaired) electrons. The standard InChI is InChI=1S/C15H18O3S/c1-4-11-19(17,18)14-9-7-13(8-10-14)15(16)12(5-2)6-3/h1,7-10,12H,5-6,11H2,2-3H3. The number of hydrogen-bond donors (Lipinski definition) is 0. The predicted molar refractivity (Wildman–Crippen MR) is 75.7 cm³/mol. The summed E-state index contributed by atoms with van der Waals surface area (Å²) in [6.45, 7) is 3.94. The molecule has 0 aliphatic heterocycles. The molecule has 0 aliphatic carbocycles. The molecule has 0 N–H and O–H groups in total. The van der Waals surface area contributed by atoms with Crippen molar-refractivity contribution in [3.63, 3.8) is 0 Å². The van der Waals surface area contributed by atoms with Crippen LogP contribution >= 0.6 is 0 Å². The van der Waals surface area contributed by atoms with E-state index in [0.717, 1.165) is 12.8 Å². The molecule has 0 saturated heterocycles. The van der Waals surface area contributed by atoms with Gasteiger partial charge in [-0.2, -0.15) is 0 Å². The van der Waals surface area contributed by atoms with Crippen LogP contribution in [-0.2, 0) is 9.84 Å². The topological polar surface area (TPSA) is 51.2 Å². The molecule has 0 aromatic heterocycles.